The molecule has 0 unspecified atom stereocenters. The average Bonchev–Trinajstić information content (AvgIpc) is 3.57. The second kappa shape index (κ2) is 40.7. The predicted molar refractivity (Wildman–Crippen MR) is 159 cm³/mol. The summed E-state index contributed by atoms with van der Waals surface area (Å²) in [5.74, 6) is -1.89. The number of nitrogens with zero attached hydrogens (tertiary/aromatic N) is 3. The van der Waals surface area contributed by atoms with E-state index in [1.165, 1.54) is 42.9 Å². The van der Waals surface area contributed by atoms with E-state index in [1.807, 2.05) is 6.92 Å². The third-order valence-corrected chi connectivity index (χ3v) is 3.42. The van der Waals surface area contributed by atoms with Crippen molar-refractivity contribution >= 4 is 60.7 Å². The zero-order valence-corrected chi connectivity index (χ0v) is 31.6. The standard InChI is InChI=1S/C7H8NO2.2C5H4NO2.C4H9.2C2H5.2CH3S.2Y/c1-2-5-8-6(9)3-4-7(8)10;2*1-6-4(7)2-3-5(6)8;1-3-4-2;4*1-2;;/h3-5H,2H2,1H3;2*2-3H,1H2;3H,4H2,1-2H3;2*1H2,2H3;2*2H,1H2;;/q8*-1;;. The van der Waals surface area contributed by atoms with E-state index in [9.17, 15) is 28.8 Å². The first-order valence-electron chi connectivity index (χ1n) is 11.0. The number of thiol groups is 2. The van der Waals surface area contributed by atoms with Crippen molar-refractivity contribution in [2.45, 2.75) is 47.5 Å². The second-order valence-corrected chi connectivity index (χ2v) is 5.66. The number of amides is 6. The Hall–Kier alpha value is -0.452. The summed E-state index contributed by atoms with van der Waals surface area (Å²) >= 11 is 6.56. The number of hydrogen-bond donors (Lipinski definition) is 2. The number of unbranched alkanes of at least 4 members (excludes halogenated alkanes) is 1. The van der Waals surface area contributed by atoms with Gasteiger partial charge < -0.3 is 60.2 Å². The van der Waals surface area contributed by atoms with Crippen molar-refractivity contribution in [3.8, 4) is 0 Å². The Kier molecular flexibility index (Phi) is 56.4. The SMILES string of the molecule is CC[CH-]N1C(=O)C=CC1=O.C[CH-]CC.[CH2-]C.[CH2-]C.[CH2-]N1C(=O)C=CC1=O.[CH2-]N1C(=O)C=CC1=O.[CH2-]S.[CH2-]S.[Y].[Y]. The first-order valence-corrected chi connectivity index (χ1v) is 12.3. The normalized spacial score (nSPS) is 13.0. The van der Waals surface area contributed by atoms with Crippen molar-refractivity contribution in [1.82, 2.24) is 14.7 Å². The van der Waals surface area contributed by atoms with Gasteiger partial charge in [-0.15, -0.1) is 0 Å². The van der Waals surface area contributed by atoms with Gasteiger partial charge >= 0.3 is 0 Å². The molecule has 0 aliphatic carbocycles. The molecule has 0 saturated heterocycles. The maximum Gasteiger partial charge on any atom is 0.224 e. The molecular formula is C27H41N3O6S2Y2-8. The van der Waals surface area contributed by atoms with E-state index in [-0.39, 0.29) is 101 Å². The third-order valence-electron chi connectivity index (χ3n) is 3.42. The molecule has 3 aliphatic rings. The van der Waals surface area contributed by atoms with Crippen LogP contribution in [0.4, 0.5) is 0 Å². The molecular weight excluding hydrogens is 704 g/mol. The first-order chi connectivity index (χ1) is 18.1. The Balaban J connectivity index is -0.0000000674. The van der Waals surface area contributed by atoms with Gasteiger partial charge in [0, 0.05) is 102 Å². The van der Waals surface area contributed by atoms with E-state index >= 15 is 0 Å². The largest absolute Gasteiger partial charge is 0.431 e. The summed E-state index contributed by atoms with van der Waals surface area (Å²) in [6.07, 6.45) is 17.2. The van der Waals surface area contributed by atoms with Gasteiger partial charge in [0.15, 0.2) is 0 Å². The van der Waals surface area contributed by atoms with Crippen LogP contribution in [0, 0.1) is 53.4 Å². The van der Waals surface area contributed by atoms with Crippen LogP contribution in [0.2, 0.25) is 0 Å². The minimum Gasteiger partial charge on any atom is -0.431 e. The summed E-state index contributed by atoms with van der Waals surface area (Å²) in [7, 11) is 6.34. The molecule has 3 heterocycles. The Morgan fingerprint density at radius 3 is 0.900 bits per heavy atom. The van der Waals surface area contributed by atoms with Crippen molar-refractivity contribution in [3.63, 3.8) is 0 Å². The molecule has 0 spiro atoms. The van der Waals surface area contributed by atoms with Crippen molar-refractivity contribution in [2.24, 2.45) is 0 Å². The first kappa shape index (κ1) is 55.5. The van der Waals surface area contributed by atoms with Crippen LogP contribution in [0.25, 0.3) is 0 Å². The summed E-state index contributed by atoms with van der Waals surface area (Å²) < 4.78 is 0. The van der Waals surface area contributed by atoms with E-state index < -0.39 is 0 Å². The zero-order chi connectivity index (χ0) is 31.3. The minimum atomic E-state index is -0.352. The van der Waals surface area contributed by atoms with Crippen LogP contribution >= 0.6 is 25.3 Å². The van der Waals surface area contributed by atoms with Gasteiger partial charge in [-0.3, -0.25) is 41.3 Å². The van der Waals surface area contributed by atoms with Crippen LogP contribution in [-0.2, 0) is 94.2 Å². The molecule has 0 aromatic heterocycles. The Bertz CT molecular complexity index is 696. The number of carbonyl (C=O) groups is 6. The predicted octanol–water partition coefficient (Wildman–Crippen LogP) is 4.60. The van der Waals surface area contributed by atoms with Crippen LogP contribution in [-0.4, -0.2) is 50.1 Å². The summed E-state index contributed by atoms with van der Waals surface area (Å²) in [6.45, 7) is 17.6. The molecule has 0 bridgehead atoms. The summed E-state index contributed by atoms with van der Waals surface area (Å²) in [4.78, 5) is 65.6. The fraction of sp³-hybridized carbons (Fsp3) is 0.259. The van der Waals surface area contributed by atoms with E-state index in [0.717, 1.165) is 14.7 Å². The monoisotopic (exact) mass is 745 g/mol. The Morgan fingerprint density at radius 1 is 0.575 bits per heavy atom. The molecule has 0 fully saturated rings. The number of carbonyl (C=O) groups excluding carboxylic acids is 6. The van der Waals surface area contributed by atoms with Gasteiger partial charge in [-0.1, -0.05) is 13.8 Å². The molecule has 0 N–H and O–H groups in total. The zero-order valence-electron chi connectivity index (χ0n) is 24.1. The van der Waals surface area contributed by atoms with Gasteiger partial charge in [-0.05, 0) is 0 Å². The molecule has 40 heavy (non-hydrogen) atoms. The van der Waals surface area contributed by atoms with E-state index in [2.05, 4.69) is 86.0 Å². The average molecular weight is 746 g/mol. The van der Waals surface area contributed by atoms with Crippen molar-refractivity contribution < 1.29 is 94.2 Å². The van der Waals surface area contributed by atoms with Gasteiger partial charge in [0.1, 0.15) is 0 Å². The molecule has 3 rings (SSSR count). The number of rotatable bonds is 3. The second-order valence-electron chi connectivity index (χ2n) is 5.66. The van der Waals surface area contributed by atoms with Gasteiger partial charge in [0.2, 0.25) is 35.4 Å². The van der Waals surface area contributed by atoms with E-state index in [1.54, 1.807) is 20.4 Å². The van der Waals surface area contributed by atoms with Crippen LogP contribution in [0.3, 0.4) is 0 Å². The van der Waals surface area contributed by atoms with Crippen LogP contribution in [0.15, 0.2) is 36.5 Å². The van der Waals surface area contributed by atoms with E-state index in [0.29, 0.717) is 6.42 Å². The molecule has 2 radical (unpaired) electrons. The quantitative estimate of drug-likeness (QED) is 0.248. The van der Waals surface area contributed by atoms with Crippen molar-refractivity contribution in [1.29, 1.82) is 0 Å². The molecule has 3 aliphatic heterocycles. The van der Waals surface area contributed by atoms with Crippen LogP contribution in [0.5, 0.6) is 0 Å². The maximum atomic E-state index is 10.8. The fourth-order valence-corrected chi connectivity index (χ4v) is 1.64. The Labute approximate surface area is 304 Å². The van der Waals surface area contributed by atoms with E-state index in [4.69, 9.17) is 0 Å². The minimum absolute atomic E-state index is 0. The Morgan fingerprint density at radius 2 is 0.775 bits per heavy atom. The fourth-order valence-electron chi connectivity index (χ4n) is 1.64. The third kappa shape index (κ3) is 27.7. The van der Waals surface area contributed by atoms with Crippen LogP contribution < -0.4 is 0 Å². The van der Waals surface area contributed by atoms with Gasteiger partial charge in [-0.2, -0.15) is 33.6 Å². The van der Waals surface area contributed by atoms with Gasteiger partial charge in [0.25, 0.3) is 0 Å². The molecule has 0 atom stereocenters. The molecule has 0 aromatic rings. The van der Waals surface area contributed by atoms with Gasteiger partial charge in [-0.25, -0.2) is 20.6 Å². The maximum absolute atomic E-state index is 10.8. The number of hydrogen-bond acceptors (Lipinski definition) is 8. The summed E-state index contributed by atoms with van der Waals surface area (Å²) in [5, 5.41) is 0. The smallest absolute Gasteiger partial charge is 0.224 e. The van der Waals surface area contributed by atoms with Gasteiger partial charge in [0.05, 0.1) is 0 Å². The topological polar surface area (TPSA) is 112 Å². The van der Waals surface area contributed by atoms with Crippen molar-refractivity contribution in [2.75, 3.05) is 0 Å². The van der Waals surface area contributed by atoms with Crippen molar-refractivity contribution in [3.05, 3.63) is 89.9 Å². The molecule has 0 saturated carbocycles. The molecule has 13 heteroatoms. The van der Waals surface area contributed by atoms with Crippen LogP contribution in [0.1, 0.15) is 47.5 Å². The molecule has 9 nitrogen and oxygen atoms in total. The molecule has 6 amide bonds. The summed E-state index contributed by atoms with van der Waals surface area (Å²) in [6, 6.07) is 0. The molecule has 0 aromatic carbocycles. The molecule has 226 valence electrons. The number of imide groups is 3. The summed E-state index contributed by atoms with van der Waals surface area (Å²) in [5.41, 5.74) is 0.